The molecule has 2 aliphatic rings. The number of carbonyl (C=O) groups excluding carboxylic acids is 1. The van der Waals surface area contributed by atoms with Crippen LogP contribution in [0.4, 0.5) is 10.1 Å². The Kier molecular flexibility index (Phi) is 4.91. The molecule has 0 radical (unpaired) electrons. The first-order valence-electron chi connectivity index (χ1n) is 10.6. The first-order valence-corrected chi connectivity index (χ1v) is 10.6. The molecule has 1 unspecified atom stereocenters. The molecular formula is C23H31FN4O. The van der Waals surface area contributed by atoms with Crippen LogP contribution in [0.1, 0.15) is 58.7 Å². The van der Waals surface area contributed by atoms with Crippen LogP contribution in [0.15, 0.2) is 36.7 Å². The van der Waals surface area contributed by atoms with E-state index < -0.39 is 0 Å². The van der Waals surface area contributed by atoms with E-state index in [1.807, 2.05) is 16.8 Å². The van der Waals surface area contributed by atoms with E-state index in [-0.39, 0.29) is 28.7 Å². The number of rotatable bonds is 4. The van der Waals surface area contributed by atoms with Crippen LogP contribution >= 0.6 is 0 Å². The molecule has 1 amide bonds. The summed E-state index contributed by atoms with van der Waals surface area (Å²) in [5.41, 5.74) is 0.558. The summed E-state index contributed by atoms with van der Waals surface area (Å²) < 4.78 is 15.8. The number of halogens is 1. The monoisotopic (exact) mass is 398 g/mol. The van der Waals surface area contributed by atoms with Crippen molar-refractivity contribution >= 4 is 11.6 Å². The van der Waals surface area contributed by atoms with Gasteiger partial charge in [-0.2, -0.15) is 0 Å². The molecule has 0 saturated carbocycles. The van der Waals surface area contributed by atoms with Crippen molar-refractivity contribution in [1.29, 1.82) is 0 Å². The number of likely N-dealkylation sites (tertiary alicyclic amines) is 1. The molecule has 1 atom stereocenters. The minimum atomic E-state index is -0.222. The fraction of sp³-hybridized carbons (Fsp3) is 0.565. The van der Waals surface area contributed by atoms with Gasteiger partial charge < -0.3 is 14.4 Å². The van der Waals surface area contributed by atoms with Gasteiger partial charge in [0.15, 0.2) is 0 Å². The Morgan fingerprint density at radius 3 is 2.83 bits per heavy atom. The third kappa shape index (κ3) is 3.53. The number of amides is 1. The zero-order valence-electron chi connectivity index (χ0n) is 17.9. The SMILES string of the molecule is CC(C)c1nccn1CC(=O)N1CCCC12CN(c1cccc(F)c1)C(C)(C)C2. The first kappa shape index (κ1) is 19.9. The lowest BCUT2D eigenvalue weighted by atomic mass is 9.87. The quantitative estimate of drug-likeness (QED) is 0.775. The van der Waals surface area contributed by atoms with E-state index in [0.717, 1.165) is 43.9 Å². The molecule has 1 aromatic carbocycles. The largest absolute Gasteiger partial charge is 0.364 e. The molecular weight excluding hydrogens is 367 g/mol. The van der Waals surface area contributed by atoms with Gasteiger partial charge in [-0.3, -0.25) is 4.79 Å². The van der Waals surface area contributed by atoms with Crippen LogP contribution < -0.4 is 4.90 Å². The van der Waals surface area contributed by atoms with Crippen molar-refractivity contribution in [1.82, 2.24) is 14.5 Å². The molecule has 156 valence electrons. The Hall–Kier alpha value is -2.37. The summed E-state index contributed by atoms with van der Waals surface area (Å²) in [6, 6.07) is 6.80. The Labute approximate surface area is 172 Å². The zero-order valence-corrected chi connectivity index (χ0v) is 17.9. The number of anilines is 1. The third-order valence-electron chi connectivity index (χ3n) is 6.53. The number of aromatic nitrogens is 2. The summed E-state index contributed by atoms with van der Waals surface area (Å²) in [5.74, 6) is 1.15. The van der Waals surface area contributed by atoms with Crippen LogP contribution in [0.25, 0.3) is 0 Å². The standard InChI is InChI=1S/C23H31FN4O/c1-17(2)21-25-10-12-26(21)14-20(29)27-11-6-9-23(27)15-22(3,4)28(16-23)19-8-5-7-18(24)13-19/h5,7-8,10,12-13,17H,6,9,11,14-16H2,1-4H3. The first-order chi connectivity index (χ1) is 13.7. The molecule has 29 heavy (non-hydrogen) atoms. The van der Waals surface area contributed by atoms with Crippen molar-refractivity contribution in [2.24, 2.45) is 0 Å². The maximum absolute atomic E-state index is 13.9. The zero-order chi connectivity index (χ0) is 20.8. The second-order valence-electron chi connectivity index (χ2n) is 9.50. The van der Waals surface area contributed by atoms with Gasteiger partial charge in [-0.15, -0.1) is 0 Å². The number of hydrogen-bond acceptors (Lipinski definition) is 3. The molecule has 2 saturated heterocycles. The molecule has 1 spiro atoms. The smallest absolute Gasteiger partial charge is 0.243 e. The maximum atomic E-state index is 13.9. The van der Waals surface area contributed by atoms with Gasteiger partial charge in [-0.1, -0.05) is 19.9 Å². The van der Waals surface area contributed by atoms with Crippen LogP contribution in [0.5, 0.6) is 0 Å². The van der Waals surface area contributed by atoms with Crippen LogP contribution in [0.2, 0.25) is 0 Å². The molecule has 2 aromatic rings. The lowest BCUT2D eigenvalue weighted by Crippen LogP contribution is -2.50. The summed E-state index contributed by atoms with van der Waals surface area (Å²) >= 11 is 0. The predicted octanol–water partition coefficient (Wildman–Crippen LogP) is 4.20. The molecule has 2 fully saturated rings. The molecule has 5 nitrogen and oxygen atoms in total. The summed E-state index contributed by atoms with van der Waals surface area (Å²) in [6.07, 6.45) is 6.57. The molecule has 6 heteroatoms. The van der Waals surface area contributed by atoms with Crippen molar-refractivity contribution in [3.8, 4) is 0 Å². The number of hydrogen-bond donors (Lipinski definition) is 0. The summed E-state index contributed by atoms with van der Waals surface area (Å²) in [6.45, 7) is 10.4. The second kappa shape index (κ2) is 7.15. The summed E-state index contributed by atoms with van der Waals surface area (Å²) in [7, 11) is 0. The van der Waals surface area contributed by atoms with Crippen LogP contribution in [0, 0.1) is 5.82 Å². The average molecular weight is 399 g/mol. The van der Waals surface area contributed by atoms with Gasteiger partial charge in [0.25, 0.3) is 0 Å². The van der Waals surface area contributed by atoms with E-state index in [1.165, 1.54) is 6.07 Å². The number of imidazole rings is 1. The molecule has 0 bridgehead atoms. The minimum Gasteiger partial charge on any atom is -0.364 e. The summed E-state index contributed by atoms with van der Waals surface area (Å²) in [4.78, 5) is 22.1. The van der Waals surface area contributed by atoms with Gasteiger partial charge >= 0.3 is 0 Å². The van der Waals surface area contributed by atoms with Gasteiger partial charge in [-0.25, -0.2) is 9.37 Å². The normalized spacial score (nSPS) is 23.5. The third-order valence-corrected chi connectivity index (χ3v) is 6.53. The highest BCUT2D eigenvalue weighted by Crippen LogP contribution is 2.47. The highest BCUT2D eigenvalue weighted by Gasteiger charge is 2.54. The van der Waals surface area contributed by atoms with E-state index in [2.05, 4.69) is 42.5 Å². The van der Waals surface area contributed by atoms with Crippen molar-refractivity contribution < 1.29 is 9.18 Å². The molecule has 0 N–H and O–H groups in total. The topological polar surface area (TPSA) is 41.4 Å². The van der Waals surface area contributed by atoms with Crippen LogP contribution in [-0.4, -0.2) is 44.5 Å². The molecule has 3 heterocycles. The van der Waals surface area contributed by atoms with Crippen molar-refractivity contribution in [2.45, 2.75) is 70.5 Å². The van der Waals surface area contributed by atoms with Crippen molar-refractivity contribution in [3.05, 3.63) is 48.3 Å². The van der Waals surface area contributed by atoms with Crippen LogP contribution in [0.3, 0.4) is 0 Å². The van der Waals surface area contributed by atoms with Gasteiger partial charge in [0.05, 0.1) is 5.54 Å². The fourth-order valence-electron chi connectivity index (χ4n) is 5.41. The van der Waals surface area contributed by atoms with Crippen molar-refractivity contribution in [2.75, 3.05) is 18.0 Å². The lowest BCUT2D eigenvalue weighted by molar-refractivity contribution is -0.135. The maximum Gasteiger partial charge on any atom is 0.243 e. The Balaban J connectivity index is 1.58. The van der Waals surface area contributed by atoms with Crippen molar-refractivity contribution in [3.63, 3.8) is 0 Å². The van der Waals surface area contributed by atoms with Gasteiger partial charge in [0, 0.05) is 42.6 Å². The fourth-order valence-corrected chi connectivity index (χ4v) is 5.41. The molecule has 1 aromatic heterocycles. The number of benzene rings is 1. The van der Waals surface area contributed by atoms with Gasteiger partial charge in [0.1, 0.15) is 18.2 Å². The Morgan fingerprint density at radius 2 is 2.10 bits per heavy atom. The van der Waals surface area contributed by atoms with Gasteiger partial charge in [0.2, 0.25) is 5.91 Å². The number of nitrogens with zero attached hydrogens (tertiary/aromatic N) is 4. The number of carbonyl (C=O) groups is 1. The Morgan fingerprint density at radius 1 is 1.31 bits per heavy atom. The molecule has 2 aliphatic heterocycles. The molecule has 0 aliphatic carbocycles. The lowest BCUT2D eigenvalue weighted by Gasteiger charge is -2.35. The van der Waals surface area contributed by atoms with Crippen LogP contribution in [-0.2, 0) is 11.3 Å². The summed E-state index contributed by atoms with van der Waals surface area (Å²) in [5, 5.41) is 0. The van der Waals surface area contributed by atoms with E-state index in [0.29, 0.717) is 6.54 Å². The van der Waals surface area contributed by atoms with E-state index >= 15 is 0 Å². The highest BCUT2D eigenvalue weighted by molar-refractivity contribution is 5.78. The highest BCUT2D eigenvalue weighted by atomic mass is 19.1. The van der Waals surface area contributed by atoms with E-state index in [1.54, 1.807) is 18.3 Å². The predicted molar refractivity (Wildman–Crippen MR) is 112 cm³/mol. The van der Waals surface area contributed by atoms with Gasteiger partial charge in [-0.05, 0) is 51.3 Å². The minimum absolute atomic E-state index is 0.144. The molecule has 4 rings (SSSR count). The van der Waals surface area contributed by atoms with E-state index in [9.17, 15) is 9.18 Å². The average Bonchev–Trinajstić information content (AvgIpc) is 3.32. The second-order valence-corrected chi connectivity index (χ2v) is 9.50. The Bertz CT molecular complexity index is 906. The van der Waals surface area contributed by atoms with E-state index in [4.69, 9.17) is 0 Å².